The summed E-state index contributed by atoms with van der Waals surface area (Å²) in [7, 11) is 1.71. The normalized spacial score (nSPS) is 21.1. The summed E-state index contributed by atoms with van der Waals surface area (Å²) in [6.45, 7) is 5.53. The molecule has 0 bridgehead atoms. The fourth-order valence-corrected chi connectivity index (χ4v) is 7.32. The van der Waals surface area contributed by atoms with Crippen molar-refractivity contribution in [1.29, 1.82) is 0 Å². The second-order valence-electron chi connectivity index (χ2n) is 10.9. The maximum atomic E-state index is 11.8. The molecule has 3 aliphatic rings. The quantitative estimate of drug-likeness (QED) is 0.349. The monoisotopic (exact) mass is 612 g/mol. The van der Waals surface area contributed by atoms with Crippen molar-refractivity contribution < 1.29 is 9.84 Å². The number of benzene rings is 2. The first-order valence-electron chi connectivity index (χ1n) is 13.7. The number of rotatable bonds is 7. The second-order valence-corrected chi connectivity index (χ2v) is 11.8. The van der Waals surface area contributed by atoms with Crippen LogP contribution in [0.3, 0.4) is 0 Å². The van der Waals surface area contributed by atoms with Crippen LogP contribution < -0.4 is 9.64 Å². The molecule has 5 rings (SSSR count). The molecule has 1 aliphatic carbocycles. The summed E-state index contributed by atoms with van der Waals surface area (Å²) < 4.78 is 6.45. The Morgan fingerprint density at radius 3 is 2.27 bits per heavy atom. The maximum Gasteiger partial charge on any atom is 0.133 e. The van der Waals surface area contributed by atoms with Gasteiger partial charge in [0.05, 0.1) is 17.2 Å². The predicted molar refractivity (Wildman–Crippen MR) is 162 cm³/mol. The van der Waals surface area contributed by atoms with Gasteiger partial charge in [-0.25, -0.2) is 0 Å². The van der Waals surface area contributed by atoms with Crippen molar-refractivity contribution in [2.24, 2.45) is 0 Å². The zero-order valence-corrected chi connectivity index (χ0v) is 25.3. The molecule has 0 aromatic heterocycles. The molecule has 2 aliphatic heterocycles. The molecule has 2 heterocycles. The lowest BCUT2D eigenvalue weighted by Gasteiger charge is -2.43. The molecule has 0 spiro atoms. The van der Waals surface area contributed by atoms with Gasteiger partial charge in [-0.05, 0) is 103 Å². The lowest BCUT2D eigenvalue weighted by Crippen LogP contribution is -2.46. The molecule has 3 fully saturated rings. The first-order chi connectivity index (χ1) is 17.1. The van der Waals surface area contributed by atoms with E-state index in [0.29, 0.717) is 5.92 Å². The first kappa shape index (κ1) is 30.6. The summed E-state index contributed by atoms with van der Waals surface area (Å²) in [4.78, 5) is 5.21. The lowest BCUT2D eigenvalue weighted by molar-refractivity contribution is -0.0325. The highest BCUT2D eigenvalue weighted by Gasteiger charge is 2.40. The van der Waals surface area contributed by atoms with Crippen LogP contribution in [0.2, 0.25) is 0 Å². The Bertz CT molecular complexity index is 987. The molecular formula is C30H43BrCl2N2O2. The van der Waals surface area contributed by atoms with Crippen LogP contribution in [0.25, 0.3) is 0 Å². The summed E-state index contributed by atoms with van der Waals surface area (Å²) in [5.41, 5.74) is 3.63. The topological polar surface area (TPSA) is 35.9 Å². The van der Waals surface area contributed by atoms with Gasteiger partial charge in [-0.15, -0.1) is 24.8 Å². The van der Waals surface area contributed by atoms with Crippen molar-refractivity contribution in [3.05, 3.63) is 58.1 Å². The van der Waals surface area contributed by atoms with Crippen LogP contribution in [0.5, 0.6) is 5.75 Å². The molecule has 2 aromatic rings. The van der Waals surface area contributed by atoms with Crippen molar-refractivity contribution in [3.63, 3.8) is 0 Å². The largest absolute Gasteiger partial charge is 0.496 e. The first-order valence-corrected chi connectivity index (χ1v) is 14.5. The van der Waals surface area contributed by atoms with Gasteiger partial charge in [-0.2, -0.15) is 0 Å². The third-order valence-corrected chi connectivity index (χ3v) is 9.42. The Hall–Kier alpha value is -0.980. The van der Waals surface area contributed by atoms with E-state index < -0.39 is 5.60 Å². The number of halogens is 3. The van der Waals surface area contributed by atoms with Gasteiger partial charge in [0.2, 0.25) is 0 Å². The molecule has 1 N–H and O–H groups in total. The van der Waals surface area contributed by atoms with Crippen LogP contribution in [-0.2, 0) is 0 Å². The minimum atomic E-state index is -0.620. The number of methoxy groups -OCH3 is 1. The van der Waals surface area contributed by atoms with E-state index in [1.165, 1.54) is 56.4 Å². The molecule has 1 atom stereocenters. The number of likely N-dealkylation sites (tertiary alicyclic amines) is 1. The Morgan fingerprint density at radius 1 is 0.946 bits per heavy atom. The van der Waals surface area contributed by atoms with Crippen LogP contribution in [0.4, 0.5) is 5.69 Å². The second kappa shape index (κ2) is 13.9. The average molecular weight is 614 g/mol. The molecular weight excluding hydrogens is 571 g/mol. The summed E-state index contributed by atoms with van der Waals surface area (Å²) in [6, 6.07) is 15.5. The Labute approximate surface area is 244 Å². The van der Waals surface area contributed by atoms with Gasteiger partial charge in [0.15, 0.2) is 0 Å². The van der Waals surface area contributed by atoms with Gasteiger partial charge >= 0.3 is 0 Å². The average Bonchev–Trinajstić information content (AvgIpc) is 3.43. The summed E-state index contributed by atoms with van der Waals surface area (Å²) in [5, 5.41) is 11.8. The Kier molecular flexibility index (Phi) is 11.5. The molecule has 7 heteroatoms. The van der Waals surface area contributed by atoms with E-state index in [9.17, 15) is 5.11 Å². The summed E-state index contributed by atoms with van der Waals surface area (Å²) >= 11 is 3.69. The number of anilines is 1. The van der Waals surface area contributed by atoms with Crippen molar-refractivity contribution in [2.45, 2.75) is 75.2 Å². The van der Waals surface area contributed by atoms with Crippen molar-refractivity contribution in [1.82, 2.24) is 4.90 Å². The summed E-state index contributed by atoms with van der Waals surface area (Å²) in [6.07, 6.45) is 10.3. The van der Waals surface area contributed by atoms with Crippen molar-refractivity contribution in [3.8, 4) is 5.75 Å². The van der Waals surface area contributed by atoms with Crippen LogP contribution >= 0.6 is 40.7 Å². The number of aliphatic hydroxyl groups is 1. The number of nitrogens with zero attached hydrogens (tertiary/aromatic N) is 2. The van der Waals surface area contributed by atoms with E-state index in [0.717, 1.165) is 55.5 Å². The number of hydrogen-bond donors (Lipinski definition) is 1. The van der Waals surface area contributed by atoms with Crippen LogP contribution in [-0.4, -0.2) is 55.4 Å². The third kappa shape index (κ3) is 6.97. The predicted octanol–water partition coefficient (Wildman–Crippen LogP) is 7.56. The van der Waals surface area contributed by atoms with Crippen LogP contribution in [0.15, 0.2) is 46.9 Å². The molecule has 1 saturated carbocycles. The SMILES string of the molecule is COc1ccc(C(CN2CCC(c3ccccc3N3CCCC3)CC2)C2(O)CCCCC2)cc1Br.Cl.Cl. The number of para-hydroxylation sites is 1. The van der Waals surface area contributed by atoms with Gasteiger partial charge in [-0.1, -0.05) is 43.5 Å². The fraction of sp³-hybridized carbons (Fsp3) is 0.600. The maximum absolute atomic E-state index is 11.8. The van der Waals surface area contributed by atoms with Gasteiger partial charge in [-0.3, -0.25) is 0 Å². The Balaban J connectivity index is 0.00000190. The molecule has 4 nitrogen and oxygen atoms in total. The number of hydrogen-bond acceptors (Lipinski definition) is 4. The molecule has 37 heavy (non-hydrogen) atoms. The van der Waals surface area contributed by atoms with Crippen molar-refractivity contribution in [2.75, 3.05) is 44.7 Å². The Morgan fingerprint density at radius 2 is 1.62 bits per heavy atom. The van der Waals surface area contributed by atoms with Crippen LogP contribution in [0.1, 0.15) is 80.8 Å². The van der Waals surface area contributed by atoms with Gasteiger partial charge in [0.25, 0.3) is 0 Å². The highest BCUT2D eigenvalue weighted by Crippen LogP contribution is 2.43. The molecule has 0 radical (unpaired) electrons. The zero-order chi connectivity index (χ0) is 24.3. The smallest absolute Gasteiger partial charge is 0.133 e. The minimum absolute atomic E-state index is 0. The van der Waals surface area contributed by atoms with Gasteiger partial charge in [0, 0.05) is 31.2 Å². The van der Waals surface area contributed by atoms with E-state index >= 15 is 0 Å². The molecule has 2 saturated heterocycles. The minimum Gasteiger partial charge on any atom is -0.496 e. The van der Waals surface area contributed by atoms with E-state index in [1.807, 2.05) is 6.07 Å². The molecule has 1 unspecified atom stereocenters. The zero-order valence-electron chi connectivity index (χ0n) is 22.0. The van der Waals surface area contributed by atoms with Gasteiger partial charge in [0.1, 0.15) is 5.75 Å². The van der Waals surface area contributed by atoms with Gasteiger partial charge < -0.3 is 19.6 Å². The molecule has 0 amide bonds. The third-order valence-electron chi connectivity index (χ3n) is 8.80. The van der Waals surface area contributed by atoms with E-state index in [1.54, 1.807) is 12.7 Å². The number of ether oxygens (including phenoxy) is 1. The van der Waals surface area contributed by atoms with E-state index in [-0.39, 0.29) is 30.7 Å². The molecule has 206 valence electrons. The highest BCUT2D eigenvalue weighted by molar-refractivity contribution is 9.10. The lowest BCUT2D eigenvalue weighted by atomic mass is 9.72. The fourth-order valence-electron chi connectivity index (χ4n) is 6.76. The number of piperidine rings is 1. The standard InChI is InChI=1S/C30H41BrN2O2.2ClH/c1-35-29-12-11-24(21-27(29)31)26(30(34)15-5-2-6-16-30)22-32-19-13-23(14-20-32)25-9-3-4-10-28(25)33-17-7-8-18-33;;/h3-4,9-12,21,23,26,34H,2,5-8,13-20,22H2,1H3;2*1H. The molecule has 2 aromatic carbocycles. The van der Waals surface area contributed by atoms with E-state index in [4.69, 9.17) is 4.74 Å². The van der Waals surface area contributed by atoms with Crippen LogP contribution in [0, 0.1) is 0 Å². The van der Waals surface area contributed by atoms with E-state index in [2.05, 4.69) is 62.1 Å². The van der Waals surface area contributed by atoms with Crippen molar-refractivity contribution >= 4 is 46.4 Å². The summed E-state index contributed by atoms with van der Waals surface area (Å²) in [5.74, 6) is 1.61. The highest BCUT2D eigenvalue weighted by atomic mass is 79.9.